The third-order valence-electron chi connectivity index (χ3n) is 4.29. The van der Waals surface area contributed by atoms with Gasteiger partial charge in [0.05, 0.1) is 26.7 Å². The molecule has 0 spiro atoms. The number of ether oxygens (including phenoxy) is 2. The lowest BCUT2D eigenvalue weighted by atomic mass is 10.0. The quantitative estimate of drug-likeness (QED) is 0.793. The molecule has 0 saturated heterocycles. The van der Waals surface area contributed by atoms with Crippen LogP contribution in [0.25, 0.3) is 0 Å². The van der Waals surface area contributed by atoms with Crippen molar-refractivity contribution in [1.82, 2.24) is 4.90 Å². The monoisotopic (exact) mass is 325 g/mol. The summed E-state index contributed by atoms with van der Waals surface area (Å²) in [7, 11) is 2.97. The first-order chi connectivity index (χ1) is 11.6. The maximum atomic E-state index is 12.8. The largest absolute Gasteiger partial charge is 0.497 e. The number of methoxy groups -OCH3 is 2. The van der Waals surface area contributed by atoms with Crippen LogP contribution in [0.3, 0.4) is 0 Å². The molecule has 0 N–H and O–H groups in total. The molecular formula is C19H19NO4. The fraction of sp³-hybridized carbons (Fsp3) is 0.263. The second kappa shape index (κ2) is 6.74. The summed E-state index contributed by atoms with van der Waals surface area (Å²) in [6, 6.07) is 14.7. The van der Waals surface area contributed by atoms with Gasteiger partial charge in [0, 0.05) is 12.1 Å². The smallest absolute Gasteiger partial charge is 0.307 e. The predicted molar refractivity (Wildman–Crippen MR) is 88.7 cm³/mol. The highest BCUT2D eigenvalue weighted by atomic mass is 16.5. The van der Waals surface area contributed by atoms with Crippen molar-refractivity contribution in [2.75, 3.05) is 14.2 Å². The Labute approximate surface area is 140 Å². The van der Waals surface area contributed by atoms with Gasteiger partial charge >= 0.3 is 5.97 Å². The normalized spacial score (nSPS) is 16.0. The maximum absolute atomic E-state index is 12.8. The number of esters is 1. The number of hydrogen-bond donors (Lipinski definition) is 0. The van der Waals surface area contributed by atoms with Crippen LogP contribution in [0.1, 0.15) is 33.9 Å². The molecule has 24 heavy (non-hydrogen) atoms. The Morgan fingerprint density at radius 3 is 2.46 bits per heavy atom. The van der Waals surface area contributed by atoms with E-state index in [1.165, 1.54) is 7.11 Å². The number of carbonyl (C=O) groups excluding carboxylic acids is 2. The highest BCUT2D eigenvalue weighted by molar-refractivity contribution is 5.99. The highest BCUT2D eigenvalue weighted by Gasteiger charge is 2.37. The van der Waals surface area contributed by atoms with Crippen LogP contribution in [-0.4, -0.2) is 31.0 Å². The van der Waals surface area contributed by atoms with Gasteiger partial charge in [0.25, 0.3) is 5.91 Å². The minimum absolute atomic E-state index is 0.0599. The molecule has 2 aromatic rings. The van der Waals surface area contributed by atoms with E-state index in [1.54, 1.807) is 18.1 Å². The second-order valence-corrected chi connectivity index (χ2v) is 5.66. The van der Waals surface area contributed by atoms with Gasteiger partial charge in [0.15, 0.2) is 0 Å². The highest BCUT2D eigenvalue weighted by Crippen LogP contribution is 2.37. The fourth-order valence-electron chi connectivity index (χ4n) is 3.02. The molecule has 0 bridgehead atoms. The molecule has 1 unspecified atom stereocenters. The molecular weight excluding hydrogens is 306 g/mol. The summed E-state index contributed by atoms with van der Waals surface area (Å²) < 4.78 is 9.96. The lowest BCUT2D eigenvalue weighted by Gasteiger charge is -2.25. The summed E-state index contributed by atoms with van der Waals surface area (Å²) in [5.41, 5.74) is 2.51. The average molecular weight is 325 g/mol. The lowest BCUT2D eigenvalue weighted by molar-refractivity contribution is -0.141. The van der Waals surface area contributed by atoms with E-state index >= 15 is 0 Å². The zero-order valence-corrected chi connectivity index (χ0v) is 13.7. The van der Waals surface area contributed by atoms with Crippen LogP contribution in [0.2, 0.25) is 0 Å². The standard InChI is InChI=1S/C19H19NO4/c1-23-14-9-7-13(8-10-14)12-20-17(11-18(21)24-2)15-5-3-4-6-16(15)19(20)22/h3-10,17H,11-12H2,1-2H3. The topological polar surface area (TPSA) is 55.8 Å². The van der Waals surface area contributed by atoms with Crippen molar-refractivity contribution in [1.29, 1.82) is 0 Å². The molecule has 3 rings (SSSR count). The van der Waals surface area contributed by atoms with Crippen LogP contribution in [0, 0.1) is 0 Å². The van der Waals surface area contributed by atoms with Gasteiger partial charge in [-0.3, -0.25) is 9.59 Å². The minimum atomic E-state index is -0.329. The number of fused-ring (bicyclic) bond motifs is 1. The first-order valence-electron chi connectivity index (χ1n) is 7.73. The zero-order valence-electron chi connectivity index (χ0n) is 13.7. The average Bonchev–Trinajstić information content (AvgIpc) is 2.88. The first kappa shape index (κ1) is 16.1. The number of nitrogens with zero attached hydrogens (tertiary/aromatic N) is 1. The zero-order chi connectivity index (χ0) is 17.1. The Bertz CT molecular complexity index is 754. The fourth-order valence-corrected chi connectivity index (χ4v) is 3.02. The summed E-state index contributed by atoms with van der Waals surface area (Å²) in [6.45, 7) is 0.430. The van der Waals surface area contributed by atoms with E-state index in [0.717, 1.165) is 16.9 Å². The molecule has 1 aliphatic rings. The van der Waals surface area contributed by atoms with E-state index in [4.69, 9.17) is 9.47 Å². The van der Waals surface area contributed by atoms with Gasteiger partial charge in [-0.1, -0.05) is 30.3 Å². The van der Waals surface area contributed by atoms with E-state index in [0.29, 0.717) is 12.1 Å². The molecule has 0 aliphatic carbocycles. The molecule has 0 aromatic heterocycles. The molecule has 0 radical (unpaired) electrons. The molecule has 0 saturated carbocycles. The van der Waals surface area contributed by atoms with Crippen molar-refractivity contribution in [3.05, 3.63) is 65.2 Å². The molecule has 1 amide bonds. The van der Waals surface area contributed by atoms with Crippen LogP contribution in [0.4, 0.5) is 0 Å². The van der Waals surface area contributed by atoms with E-state index in [-0.39, 0.29) is 24.3 Å². The molecule has 1 heterocycles. The van der Waals surface area contributed by atoms with Gasteiger partial charge in [-0.25, -0.2) is 0 Å². The van der Waals surface area contributed by atoms with Gasteiger partial charge in [-0.05, 0) is 29.3 Å². The van der Waals surface area contributed by atoms with Gasteiger partial charge < -0.3 is 14.4 Å². The van der Waals surface area contributed by atoms with Crippen molar-refractivity contribution in [3.8, 4) is 5.75 Å². The summed E-state index contributed by atoms with van der Waals surface area (Å²) in [6.07, 6.45) is 0.148. The molecule has 5 heteroatoms. The van der Waals surface area contributed by atoms with Crippen molar-refractivity contribution in [2.45, 2.75) is 19.0 Å². The van der Waals surface area contributed by atoms with E-state index in [1.807, 2.05) is 42.5 Å². The maximum Gasteiger partial charge on any atom is 0.307 e. The van der Waals surface area contributed by atoms with Crippen molar-refractivity contribution < 1.29 is 19.1 Å². The van der Waals surface area contributed by atoms with Gasteiger partial charge in [0.2, 0.25) is 0 Å². The number of benzene rings is 2. The summed E-state index contributed by atoms with van der Waals surface area (Å²) >= 11 is 0. The third kappa shape index (κ3) is 2.97. The lowest BCUT2D eigenvalue weighted by Crippen LogP contribution is -2.29. The molecule has 1 atom stereocenters. The second-order valence-electron chi connectivity index (χ2n) is 5.66. The third-order valence-corrected chi connectivity index (χ3v) is 4.29. The van der Waals surface area contributed by atoms with Crippen LogP contribution in [-0.2, 0) is 16.1 Å². The summed E-state index contributed by atoms with van der Waals surface area (Å²) in [5.74, 6) is 0.375. The van der Waals surface area contributed by atoms with Crippen molar-refractivity contribution >= 4 is 11.9 Å². The number of hydrogen-bond acceptors (Lipinski definition) is 4. The Morgan fingerprint density at radius 1 is 1.08 bits per heavy atom. The van der Waals surface area contributed by atoms with Crippen LogP contribution < -0.4 is 4.74 Å². The Morgan fingerprint density at radius 2 is 1.79 bits per heavy atom. The Balaban J connectivity index is 1.89. The van der Waals surface area contributed by atoms with Gasteiger partial charge in [-0.15, -0.1) is 0 Å². The Kier molecular flexibility index (Phi) is 4.51. The molecule has 1 aliphatic heterocycles. The van der Waals surface area contributed by atoms with Crippen molar-refractivity contribution in [2.24, 2.45) is 0 Å². The summed E-state index contributed by atoms with van der Waals surface area (Å²) in [4.78, 5) is 26.3. The van der Waals surface area contributed by atoms with Crippen molar-refractivity contribution in [3.63, 3.8) is 0 Å². The van der Waals surface area contributed by atoms with Crippen LogP contribution in [0.5, 0.6) is 5.75 Å². The first-order valence-corrected chi connectivity index (χ1v) is 7.73. The number of rotatable bonds is 5. The van der Waals surface area contributed by atoms with E-state index in [9.17, 15) is 9.59 Å². The molecule has 2 aromatic carbocycles. The number of amides is 1. The molecule has 124 valence electrons. The predicted octanol–water partition coefficient (Wildman–Crippen LogP) is 2.96. The summed E-state index contributed by atoms with van der Waals surface area (Å²) in [5, 5.41) is 0. The SMILES string of the molecule is COC(=O)CC1c2ccccc2C(=O)N1Cc1ccc(OC)cc1. The van der Waals surface area contributed by atoms with Gasteiger partial charge in [0.1, 0.15) is 5.75 Å². The Hall–Kier alpha value is -2.82. The van der Waals surface area contributed by atoms with Crippen LogP contribution >= 0.6 is 0 Å². The van der Waals surface area contributed by atoms with Crippen LogP contribution in [0.15, 0.2) is 48.5 Å². The minimum Gasteiger partial charge on any atom is -0.497 e. The van der Waals surface area contributed by atoms with E-state index in [2.05, 4.69) is 0 Å². The number of carbonyl (C=O) groups is 2. The molecule has 0 fully saturated rings. The van der Waals surface area contributed by atoms with E-state index < -0.39 is 0 Å². The molecule has 5 nitrogen and oxygen atoms in total. The van der Waals surface area contributed by atoms with Gasteiger partial charge in [-0.2, -0.15) is 0 Å².